The van der Waals surface area contributed by atoms with E-state index in [1.165, 1.54) is 0 Å². The van der Waals surface area contributed by atoms with Crippen molar-refractivity contribution in [2.24, 2.45) is 0 Å². The summed E-state index contributed by atoms with van der Waals surface area (Å²) in [5.41, 5.74) is 1.50. The molecule has 0 aliphatic rings. The van der Waals surface area contributed by atoms with Gasteiger partial charge in [-0.05, 0) is 11.3 Å². The lowest BCUT2D eigenvalue weighted by molar-refractivity contribution is 1.12. The molecule has 0 bridgehead atoms. The van der Waals surface area contributed by atoms with Gasteiger partial charge in [-0.25, -0.2) is 0 Å². The molecule has 0 nitrogen and oxygen atoms in total. The quantitative estimate of drug-likeness (QED) is 0.379. The summed E-state index contributed by atoms with van der Waals surface area (Å²) in [5, 5.41) is 0. The molecule has 0 saturated heterocycles. The maximum Gasteiger partial charge on any atom is 0 e. The van der Waals surface area contributed by atoms with Crippen LogP contribution < -0.4 is 0 Å². The van der Waals surface area contributed by atoms with Crippen LogP contribution in [0.25, 0.3) is 0 Å². The molecule has 55 valence electrons. The van der Waals surface area contributed by atoms with E-state index in [0.29, 0.717) is 0 Å². The largest absolute Gasteiger partial charge is 0.135 e. The molecule has 0 saturated carbocycles. The van der Waals surface area contributed by atoms with Crippen molar-refractivity contribution in [3.63, 3.8) is 0 Å². The van der Waals surface area contributed by atoms with Crippen LogP contribution in [0.1, 0.15) is 27.7 Å². The molecule has 3 heteroatoms. The minimum atomic E-state index is 0. The molecule has 0 amide bonds. The number of hydrogen-bond acceptors (Lipinski definition) is 0. The minimum Gasteiger partial charge on any atom is -0.135 e. The van der Waals surface area contributed by atoms with Gasteiger partial charge < -0.3 is 0 Å². The van der Waals surface area contributed by atoms with Crippen molar-refractivity contribution < 1.29 is 0 Å². The lowest BCUT2D eigenvalue weighted by Gasteiger charge is -1.79. The summed E-state index contributed by atoms with van der Waals surface area (Å²) in [7, 11) is 5.31. The zero-order valence-electron chi connectivity index (χ0n) is 6.89. The van der Waals surface area contributed by atoms with Gasteiger partial charge in [-0.3, -0.25) is 0 Å². The first-order valence-electron chi connectivity index (χ1n) is 2.98. The van der Waals surface area contributed by atoms with Gasteiger partial charge in [-0.1, -0.05) is 27.7 Å². The minimum absolute atomic E-state index is 0. The normalized spacial score (nSPS) is 8.00. The van der Waals surface area contributed by atoms with Crippen LogP contribution in [0.2, 0.25) is 0 Å². The Labute approximate surface area is 66.6 Å². The van der Waals surface area contributed by atoms with E-state index in [9.17, 15) is 0 Å². The smallest absolute Gasteiger partial charge is 0 e. The van der Waals surface area contributed by atoms with E-state index in [4.69, 9.17) is 0 Å². The molecule has 0 N–H and O–H groups in total. The second-order valence-corrected chi connectivity index (χ2v) is 5.15. The fourth-order valence-electron chi connectivity index (χ4n) is 0. The molecule has 0 aliphatic carbocycles. The van der Waals surface area contributed by atoms with Crippen LogP contribution in [-0.2, 0) is 0 Å². The monoisotopic (exact) mass is 163 g/mol. The zero-order valence-corrected chi connectivity index (χ0v) is 9.20. The van der Waals surface area contributed by atoms with Crippen molar-refractivity contribution in [1.29, 1.82) is 0 Å². The molecular formula is C6H18BP2. The fourth-order valence-corrected chi connectivity index (χ4v) is 0. The van der Waals surface area contributed by atoms with Crippen LogP contribution in [0.5, 0.6) is 0 Å². The van der Waals surface area contributed by atoms with Crippen LogP contribution in [0.3, 0.4) is 0 Å². The van der Waals surface area contributed by atoms with Gasteiger partial charge in [0.05, 0.1) is 0 Å². The van der Waals surface area contributed by atoms with Gasteiger partial charge in [-0.2, -0.15) is 0 Å². The predicted octanol–water partition coefficient (Wildman–Crippen LogP) is 2.16. The Morgan fingerprint density at radius 1 is 0.778 bits per heavy atom. The Kier molecular flexibility index (Phi) is 21.4. The van der Waals surface area contributed by atoms with Crippen molar-refractivity contribution >= 4 is 26.9 Å². The van der Waals surface area contributed by atoms with Gasteiger partial charge in [0.2, 0.25) is 0 Å². The highest BCUT2D eigenvalue weighted by Crippen LogP contribution is 1.90. The third-order valence-corrected chi connectivity index (χ3v) is 0. The maximum absolute atomic E-state index is 2.66. The molecule has 2 unspecified atom stereocenters. The molecule has 2 atom stereocenters. The first kappa shape index (κ1) is 16.5. The molecule has 0 aliphatic heterocycles. The van der Waals surface area contributed by atoms with Crippen molar-refractivity contribution in [1.82, 2.24) is 0 Å². The summed E-state index contributed by atoms with van der Waals surface area (Å²) < 4.78 is 0. The van der Waals surface area contributed by atoms with Crippen LogP contribution in [0.15, 0.2) is 0 Å². The van der Waals surface area contributed by atoms with Crippen molar-refractivity contribution in [2.45, 2.75) is 39.0 Å². The van der Waals surface area contributed by atoms with Crippen molar-refractivity contribution in [2.75, 3.05) is 0 Å². The standard InChI is InChI=1S/2C3H9P.B/c2*1-3(2)4;/h2*3H,4H2,1-2H3;. The number of rotatable bonds is 0. The topological polar surface area (TPSA) is 0 Å². The van der Waals surface area contributed by atoms with Gasteiger partial charge in [0.1, 0.15) is 0 Å². The molecular weight excluding hydrogens is 145 g/mol. The van der Waals surface area contributed by atoms with E-state index in [1.807, 2.05) is 0 Å². The summed E-state index contributed by atoms with van der Waals surface area (Å²) in [4.78, 5) is 0. The van der Waals surface area contributed by atoms with Gasteiger partial charge in [0.25, 0.3) is 0 Å². The zero-order chi connectivity index (χ0) is 7.15. The van der Waals surface area contributed by atoms with E-state index < -0.39 is 0 Å². The Morgan fingerprint density at radius 2 is 0.778 bits per heavy atom. The molecule has 9 heavy (non-hydrogen) atoms. The van der Waals surface area contributed by atoms with E-state index in [2.05, 4.69) is 46.2 Å². The SMILES string of the molecule is CC(C)P.CC(C)P.[B]. The van der Waals surface area contributed by atoms with Crippen LogP contribution in [0.4, 0.5) is 0 Å². The second kappa shape index (κ2) is 11.7. The molecule has 0 spiro atoms. The van der Waals surface area contributed by atoms with Crippen LogP contribution in [-0.4, -0.2) is 19.7 Å². The van der Waals surface area contributed by atoms with Gasteiger partial charge in [0, 0.05) is 8.41 Å². The Bertz CT molecular complexity index is 26.5. The lowest BCUT2D eigenvalue weighted by atomic mass is 10.6. The molecule has 0 heterocycles. The average molecular weight is 163 g/mol. The van der Waals surface area contributed by atoms with Crippen molar-refractivity contribution in [3.05, 3.63) is 0 Å². The molecule has 0 rings (SSSR count). The summed E-state index contributed by atoms with van der Waals surface area (Å²) in [5.74, 6) is 0. The maximum atomic E-state index is 2.66. The Balaban J connectivity index is -0.0000000720. The summed E-state index contributed by atoms with van der Waals surface area (Å²) in [6.07, 6.45) is 0. The van der Waals surface area contributed by atoms with E-state index >= 15 is 0 Å². The summed E-state index contributed by atoms with van der Waals surface area (Å²) in [6.45, 7) is 8.52. The van der Waals surface area contributed by atoms with E-state index in [1.54, 1.807) is 0 Å². The number of hydrogen-bond donors (Lipinski definition) is 0. The lowest BCUT2D eigenvalue weighted by Crippen LogP contribution is -1.69. The highest BCUT2D eigenvalue weighted by atomic mass is 31.0. The Hall–Kier alpha value is 0.925. The third kappa shape index (κ3) is 500. The van der Waals surface area contributed by atoms with E-state index in [-0.39, 0.29) is 8.41 Å². The second-order valence-electron chi connectivity index (χ2n) is 2.49. The highest BCUT2D eigenvalue weighted by molar-refractivity contribution is 7.17. The van der Waals surface area contributed by atoms with Gasteiger partial charge >= 0.3 is 0 Å². The van der Waals surface area contributed by atoms with E-state index in [0.717, 1.165) is 11.3 Å². The van der Waals surface area contributed by atoms with Crippen molar-refractivity contribution in [3.8, 4) is 0 Å². The Morgan fingerprint density at radius 3 is 0.778 bits per heavy atom. The fraction of sp³-hybridized carbons (Fsp3) is 1.00. The first-order chi connectivity index (χ1) is 3.46. The van der Waals surface area contributed by atoms with Gasteiger partial charge in [-0.15, -0.1) is 18.5 Å². The van der Waals surface area contributed by atoms with Crippen LogP contribution in [0, 0.1) is 0 Å². The summed E-state index contributed by atoms with van der Waals surface area (Å²) >= 11 is 0. The van der Waals surface area contributed by atoms with Gasteiger partial charge in [0.15, 0.2) is 0 Å². The average Bonchev–Trinajstić information content (AvgIpc) is 1.25. The highest BCUT2D eigenvalue weighted by Gasteiger charge is 1.68. The molecule has 3 radical (unpaired) electrons. The van der Waals surface area contributed by atoms with Crippen LogP contribution >= 0.6 is 18.5 Å². The third-order valence-electron chi connectivity index (χ3n) is 0. The molecule has 0 aromatic rings. The first-order valence-corrected chi connectivity index (χ1v) is 4.31. The molecule has 0 aromatic heterocycles. The summed E-state index contributed by atoms with van der Waals surface area (Å²) in [6, 6.07) is 0. The predicted molar refractivity (Wildman–Crippen MR) is 55.4 cm³/mol. The molecule has 0 fully saturated rings. The molecule has 0 aromatic carbocycles.